The van der Waals surface area contributed by atoms with Gasteiger partial charge in [0.2, 0.25) is 0 Å². The third kappa shape index (κ3) is 4.66. The van der Waals surface area contributed by atoms with E-state index in [-0.39, 0.29) is 0 Å². The van der Waals surface area contributed by atoms with E-state index in [0.717, 1.165) is 55.0 Å². The first-order valence-corrected chi connectivity index (χ1v) is 16.7. The van der Waals surface area contributed by atoms with Gasteiger partial charge in [0.05, 0.1) is 45.9 Å². The van der Waals surface area contributed by atoms with Crippen molar-refractivity contribution < 1.29 is 0 Å². The van der Waals surface area contributed by atoms with Crippen LogP contribution in [0.4, 0.5) is 0 Å². The van der Waals surface area contributed by atoms with Crippen LogP contribution in [0.2, 0.25) is 0 Å². The highest BCUT2D eigenvalue weighted by Crippen LogP contribution is 2.44. The van der Waals surface area contributed by atoms with Crippen LogP contribution in [0.5, 0.6) is 0 Å². The Hall–Kier alpha value is -7.45. The molecule has 0 N–H and O–H groups in total. The number of hydrogen-bond donors (Lipinski definition) is 0. The summed E-state index contributed by atoms with van der Waals surface area (Å²) in [7, 11) is 0. The fourth-order valence-electron chi connectivity index (χ4n) is 7.72. The zero-order valence-electron chi connectivity index (χ0n) is 27.3. The number of hydrogen-bond acceptors (Lipinski definition) is 3. The molecule has 0 saturated heterocycles. The van der Waals surface area contributed by atoms with Crippen molar-refractivity contribution >= 4 is 43.4 Å². The van der Waals surface area contributed by atoms with Gasteiger partial charge in [-0.3, -0.25) is 0 Å². The smallest absolute Gasteiger partial charge is 0.0999 e. The summed E-state index contributed by atoms with van der Waals surface area (Å²) in [6.07, 6.45) is 0. The molecule has 0 radical (unpaired) electrons. The van der Waals surface area contributed by atoms with Crippen molar-refractivity contribution in [2.45, 2.75) is 0 Å². The van der Waals surface area contributed by atoms with E-state index in [0.29, 0.717) is 22.3 Å². The van der Waals surface area contributed by atoms with Gasteiger partial charge < -0.3 is 4.57 Å². The molecule has 234 valence electrons. The summed E-state index contributed by atoms with van der Waals surface area (Å²) in [6.45, 7) is 0. The Morgan fingerprint density at radius 2 is 0.804 bits per heavy atom. The molecular weight excluding hydrogens is 621 g/mol. The molecule has 0 aliphatic carbocycles. The van der Waals surface area contributed by atoms with Gasteiger partial charge in [-0.05, 0) is 85.8 Å². The predicted octanol–water partition coefficient (Wildman–Crippen LogP) is 11.7. The first-order chi connectivity index (χ1) is 25.2. The number of benzene rings is 8. The molecule has 0 unspecified atom stereocenters. The summed E-state index contributed by atoms with van der Waals surface area (Å²) in [5, 5.41) is 37.2. The Morgan fingerprint density at radius 3 is 1.33 bits per heavy atom. The van der Waals surface area contributed by atoms with Crippen molar-refractivity contribution in [1.82, 2.24) is 4.57 Å². The van der Waals surface area contributed by atoms with Crippen LogP contribution < -0.4 is 0 Å². The van der Waals surface area contributed by atoms with Crippen molar-refractivity contribution in [1.29, 1.82) is 15.8 Å². The van der Waals surface area contributed by atoms with Crippen LogP contribution in [0.3, 0.4) is 0 Å². The normalized spacial score (nSPS) is 11.1. The molecule has 0 aliphatic heterocycles. The molecular formula is C47H26N4. The van der Waals surface area contributed by atoms with Gasteiger partial charge in [0.25, 0.3) is 0 Å². The molecule has 0 fully saturated rings. The van der Waals surface area contributed by atoms with E-state index in [4.69, 9.17) is 0 Å². The molecule has 0 bridgehead atoms. The second-order valence-electron chi connectivity index (χ2n) is 12.6. The van der Waals surface area contributed by atoms with E-state index >= 15 is 0 Å². The zero-order valence-corrected chi connectivity index (χ0v) is 27.3. The second kappa shape index (κ2) is 11.9. The number of rotatable bonds is 4. The van der Waals surface area contributed by atoms with Crippen LogP contribution in [0.15, 0.2) is 158 Å². The maximum absolute atomic E-state index is 10.5. The van der Waals surface area contributed by atoms with Crippen LogP contribution in [-0.2, 0) is 0 Å². The van der Waals surface area contributed by atoms with E-state index in [1.54, 1.807) is 6.07 Å². The van der Waals surface area contributed by atoms with Crippen molar-refractivity contribution in [3.63, 3.8) is 0 Å². The van der Waals surface area contributed by atoms with Gasteiger partial charge in [-0.2, -0.15) is 15.8 Å². The lowest BCUT2D eigenvalue weighted by Gasteiger charge is -2.18. The third-order valence-electron chi connectivity index (χ3n) is 9.88. The highest BCUT2D eigenvalue weighted by Gasteiger charge is 2.20. The largest absolute Gasteiger partial charge is 0.309 e. The van der Waals surface area contributed by atoms with E-state index in [9.17, 15) is 15.8 Å². The molecule has 0 amide bonds. The number of para-hydroxylation sites is 1. The lowest BCUT2D eigenvalue weighted by Crippen LogP contribution is -1.99. The van der Waals surface area contributed by atoms with Crippen molar-refractivity contribution in [2.75, 3.05) is 0 Å². The van der Waals surface area contributed by atoms with Gasteiger partial charge in [0, 0.05) is 22.0 Å². The summed E-state index contributed by atoms with van der Waals surface area (Å²) in [6, 6.07) is 60.3. The average Bonchev–Trinajstić information content (AvgIpc) is 3.53. The topological polar surface area (TPSA) is 76.3 Å². The quantitative estimate of drug-likeness (QED) is 0.179. The minimum atomic E-state index is 0.416. The Bertz CT molecular complexity index is 2890. The molecule has 9 aromatic rings. The Balaban J connectivity index is 1.21. The van der Waals surface area contributed by atoms with Gasteiger partial charge in [-0.15, -0.1) is 0 Å². The number of nitrogens with zero attached hydrogens (tertiary/aromatic N) is 4. The molecule has 8 aromatic carbocycles. The Labute approximate surface area is 294 Å². The van der Waals surface area contributed by atoms with Crippen LogP contribution in [-0.4, -0.2) is 4.57 Å². The van der Waals surface area contributed by atoms with Gasteiger partial charge in [0.1, 0.15) is 0 Å². The Morgan fingerprint density at radius 1 is 0.353 bits per heavy atom. The molecule has 0 aliphatic rings. The SMILES string of the molecule is N#Cc1ccc2c(c1)c1ccccc1n2-c1cc(C#N)c(-c2ccc(-c3c4ccccc4c(-c4ccccc4)c4ccccc34)cc2)c(C#N)c1. The highest BCUT2D eigenvalue weighted by molar-refractivity contribution is 6.21. The molecule has 0 spiro atoms. The molecule has 1 aromatic heterocycles. The van der Waals surface area contributed by atoms with E-state index in [1.165, 1.54) is 21.9 Å². The summed E-state index contributed by atoms with van der Waals surface area (Å²) in [4.78, 5) is 0. The van der Waals surface area contributed by atoms with Crippen molar-refractivity contribution in [2.24, 2.45) is 0 Å². The molecule has 0 saturated carbocycles. The zero-order chi connectivity index (χ0) is 34.5. The van der Waals surface area contributed by atoms with Gasteiger partial charge >= 0.3 is 0 Å². The van der Waals surface area contributed by atoms with Crippen LogP contribution in [0.25, 0.3) is 82.4 Å². The standard InChI is InChI=1S/C47H26N4/c48-27-30-18-23-44-42(24-30)37-12-8-9-17-43(37)51(44)36-25-34(28-49)45(35(26-36)29-50)32-19-21-33(22-20-32)47-40-15-6-4-13-38(40)46(31-10-2-1-3-11-31)39-14-5-7-16-41(39)47/h1-26H. The number of fused-ring (bicyclic) bond motifs is 5. The van der Waals surface area contributed by atoms with Crippen molar-refractivity contribution in [3.05, 3.63) is 174 Å². The van der Waals surface area contributed by atoms with Gasteiger partial charge in [-0.1, -0.05) is 121 Å². The summed E-state index contributed by atoms with van der Waals surface area (Å²) in [5.74, 6) is 0. The fraction of sp³-hybridized carbons (Fsp3) is 0. The second-order valence-corrected chi connectivity index (χ2v) is 12.6. The first kappa shape index (κ1) is 29.7. The highest BCUT2D eigenvalue weighted by atomic mass is 15.0. The van der Waals surface area contributed by atoms with E-state index in [1.807, 2.05) is 66.7 Å². The maximum atomic E-state index is 10.5. The molecule has 4 nitrogen and oxygen atoms in total. The first-order valence-electron chi connectivity index (χ1n) is 16.7. The third-order valence-corrected chi connectivity index (χ3v) is 9.88. The summed E-state index contributed by atoms with van der Waals surface area (Å²) < 4.78 is 2.07. The fourth-order valence-corrected chi connectivity index (χ4v) is 7.72. The van der Waals surface area contributed by atoms with Crippen LogP contribution in [0, 0.1) is 34.0 Å². The molecule has 9 rings (SSSR count). The molecule has 4 heteroatoms. The summed E-state index contributed by atoms with van der Waals surface area (Å²) >= 11 is 0. The molecule has 51 heavy (non-hydrogen) atoms. The Kier molecular flexibility index (Phi) is 6.93. The van der Waals surface area contributed by atoms with E-state index in [2.05, 4.69) is 108 Å². The minimum absolute atomic E-state index is 0.416. The average molecular weight is 647 g/mol. The number of nitriles is 3. The lowest BCUT2D eigenvalue weighted by molar-refractivity contribution is 1.17. The van der Waals surface area contributed by atoms with Gasteiger partial charge in [0.15, 0.2) is 0 Å². The van der Waals surface area contributed by atoms with Gasteiger partial charge in [-0.25, -0.2) is 0 Å². The van der Waals surface area contributed by atoms with Crippen molar-refractivity contribution in [3.8, 4) is 57.3 Å². The van der Waals surface area contributed by atoms with Crippen LogP contribution >= 0.6 is 0 Å². The predicted molar refractivity (Wildman–Crippen MR) is 206 cm³/mol. The summed E-state index contributed by atoms with van der Waals surface area (Å²) in [5.41, 5.74) is 9.97. The molecule has 1 heterocycles. The minimum Gasteiger partial charge on any atom is -0.309 e. The number of aromatic nitrogens is 1. The van der Waals surface area contributed by atoms with Crippen LogP contribution in [0.1, 0.15) is 16.7 Å². The lowest BCUT2D eigenvalue weighted by atomic mass is 9.85. The van der Waals surface area contributed by atoms with E-state index < -0.39 is 0 Å². The monoisotopic (exact) mass is 646 g/mol. The maximum Gasteiger partial charge on any atom is 0.0999 e. The molecule has 0 atom stereocenters.